The van der Waals surface area contributed by atoms with E-state index in [0.717, 1.165) is 31.4 Å². The molecule has 0 radical (unpaired) electrons. The van der Waals surface area contributed by atoms with Crippen LogP contribution in [-0.4, -0.2) is 23.9 Å². The first-order valence-electron chi connectivity index (χ1n) is 7.23. The summed E-state index contributed by atoms with van der Waals surface area (Å²) in [4.78, 5) is 0. The zero-order valence-corrected chi connectivity index (χ0v) is 11.9. The maximum atomic E-state index is 9.51. The molecule has 0 bridgehead atoms. The summed E-state index contributed by atoms with van der Waals surface area (Å²) in [5.74, 6) is 0.725. The van der Waals surface area contributed by atoms with Crippen LogP contribution in [0.4, 0.5) is 0 Å². The maximum Gasteiger partial charge on any atom is 0.174 e. The zero-order valence-electron chi connectivity index (χ0n) is 11.9. The summed E-state index contributed by atoms with van der Waals surface area (Å²) in [6.07, 6.45) is 3.75. The van der Waals surface area contributed by atoms with Crippen molar-refractivity contribution in [2.75, 3.05) is 6.61 Å². The van der Waals surface area contributed by atoms with E-state index >= 15 is 0 Å². The fraction of sp³-hybridized carbons (Fsp3) is 0.562. The van der Waals surface area contributed by atoms with Crippen LogP contribution >= 0.6 is 0 Å². The van der Waals surface area contributed by atoms with Crippen molar-refractivity contribution in [2.45, 2.75) is 50.8 Å². The zero-order chi connectivity index (χ0) is 14.4. The van der Waals surface area contributed by atoms with Crippen molar-refractivity contribution in [2.24, 2.45) is 0 Å². The normalized spacial score (nSPS) is 23.9. The molecule has 0 aromatic heterocycles. The molecule has 1 aromatic rings. The van der Waals surface area contributed by atoms with Crippen LogP contribution in [0.15, 0.2) is 24.3 Å². The average Bonchev–Trinajstić information content (AvgIpc) is 2.48. The van der Waals surface area contributed by atoms with Crippen molar-refractivity contribution in [1.29, 1.82) is 5.26 Å². The Kier molecular flexibility index (Phi) is 5.40. The first-order chi connectivity index (χ1) is 9.69. The van der Waals surface area contributed by atoms with Gasteiger partial charge in [-0.05, 0) is 50.3 Å². The molecule has 0 saturated heterocycles. The summed E-state index contributed by atoms with van der Waals surface area (Å²) in [5.41, 5.74) is 1.21. The van der Waals surface area contributed by atoms with E-state index < -0.39 is 0 Å². The molecule has 1 aromatic carbocycles. The van der Waals surface area contributed by atoms with Crippen LogP contribution in [0.3, 0.4) is 0 Å². The SMILES string of the molecule is CC(NC1CCC(O)CC1)c1ccc(OCC#N)cc1. The van der Waals surface area contributed by atoms with Gasteiger partial charge in [0, 0.05) is 12.1 Å². The highest BCUT2D eigenvalue weighted by atomic mass is 16.5. The van der Waals surface area contributed by atoms with Gasteiger partial charge in [0.05, 0.1) is 6.10 Å². The van der Waals surface area contributed by atoms with Crippen molar-refractivity contribution in [1.82, 2.24) is 5.32 Å². The lowest BCUT2D eigenvalue weighted by Crippen LogP contribution is -2.36. The van der Waals surface area contributed by atoms with E-state index in [0.29, 0.717) is 6.04 Å². The monoisotopic (exact) mass is 274 g/mol. The first kappa shape index (κ1) is 14.8. The van der Waals surface area contributed by atoms with Crippen molar-refractivity contribution in [3.05, 3.63) is 29.8 Å². The molecular formula is C16H22N2O2. The number of aliphatic hydroxyl groups excluding tert-OH is 1. The van der Waals surface area contributed by atoms with E-state index in [4.69, 9.17) is 10.00 Å². The molecule has 1 saturated carbocycles. The first-order valence-corrected chi connectivity index (χ1v) is 7.23. The van der Waals surface area contributed by atoms with Crippen LogP contribution in [0.2, 0.25) is 0 Å². The van der Waals surface area contributed by atoms with Gasteiger partial charge in [-0.25, -0.2) is 0 Å². The predicted octanol–water partition coefficient (Wildman–Crippen LogP) is 2.54. The van der Waals surface area contributed by atoms with Crippen LogP contribution in [0.1, 0.15) is 44.2 Å². The molecule has 4 nitrogen and oxygen atoms in total. The topological polar surface area (TPSA) is 65.3 Å². The Bertz CT molecular complexity index is 445. The Morgan fingerprint density at radius 2 is 1.95 bits per heavy atom. The van der Waals surface area contributed by atoms with E-state index in [1.165, 1.54) is 5.56 Å². The minimum Gasteiger partial charge on any atom is -0.479 e. The van der Waals surface area contributed by atoms with Gasteiger partial charge in [-0.1, -0.05) is 12.1 Å². The molecule has 1 aliphatic carbocycles. The Hall–Kier alpha value is -1.57. The van der Waals surface area contributed by atoms with Crippen molar-refractivity contribution in [3.8, 4) is 11.8 Å². The highest BCUT2D eigenvalue weighted by Gasteiger charge is 2.20. The smallest absolute Gasteiger partial charge is 0.174 e. The lowest BCUT2D eigenvalue weighted by atomic mass is 9.92. The standard InChI is InChI=1S/C16H22N2O2/c1-12(18-14-4-6-15(19)7-5-14)13-2-8-16(9-3-13)20-11-10-17/h2-3,8-9,12,14-15,18-19H,4-7,11H2,1H3. The molecule has 1 aliphatic rings. The van der Waals surface area contributed by atoms with Gasteiger partial charge in [-0.15, -0.1) is 0 Å². The Morgan fingerprint density at radius 1 is 1.30 bits per heavy atom. The second-order valence-electron chi connectivity index (χ2n) is 5.41. The van der Waals surface area contributed by atoms with Crippen LogP contribution in [0, 0.1) is 11.3 Å². The summed E-state index contributed by atoms with van der Waals surface area (Å²) in [7, 11) is 0. The third-order valence-electron chi connectivity index (χ3n) is 3.87. The van der Waals surface area contributed by atoms with Gasteiger partial charge in [-0.3, -0.25) is 0 Å². The molecule has 1 unspecified atom stereocenters. The number of nitrogens with zero attached hydrogens (tertiary/aromatic N) is 1. The molecule has 0 heterocycles. The molecule has 108 valence electrons. The van der Waals surface area contributed by atoms with E-state index in [1.807, 2.05) is 30.3 Å². The fourth-order valence-electron chi connectivity index (χ4n) is 2.66. The van der Waals surface area contributed by atoms with E-state index in [-0.39, 0.29) is 18.8 Å². The molecule has 2 N–H and O–H groups in total. The van der Waals surface area contributed by atoms with Gasteiger partial charge >= 0.3 is 0 Å². The summed E-state index contributed by atoms with van der Waals surface area (Å²) in [6, 6.07) is 10.6. The number of benzene rings is 1. The minimum absolute atomic E-state index is 0.0809. The molecule has 0 aliphatic heterocycles. The van der Waals surface area contributed by atoms with Crippen LogP contribution in [0.25, 0.3) is 0 Å². The Morgan fingerprint density at radius 3 is 2.55 bits per heavy atom. The number of nitriles is 1. The van der Waals surface area contributed by atoms with Crippen LogP contribution in [0.5, 0.6) is 5.75 Å². The number of nitrogens with one attached hydrogen (secondary N) is 1. The minimum atomic E-state index is -0.111. The largest absolute Gasteiger partial charge is 0.479 e. The molecule has 2 rings (SSSR count). The lowest BCUT2D eigenvalue weighted by molar-refractivity contribution is 0.114. The predicted molar refractivity (Wildman–Crippen MR) is 77.4 cm³/mol. The van der Waals surface area contributed by atoms with E-state index in [9.17, 15) is 5.11 Å². The fourth-order valence-corrected chi connectivity index (χ4v) is 2.66. The summed E-state index contributed by atoms with van der Waals surface area (Å²) < 4.78 is 5.24. The third kappa shape index (κ3) is 4.22. The third-order valence-corrected chi connectivity index (χ3v) is 3.87. The molecule has 0 spiro atoms. The highest BCUT2D eigenvalue weighted by Crippen LogP contribution is 2.23. The molecule has 1 fully saturated rings. The number of rotatable bonds is 5. The number of hydrogen-bond donors (Lipinski definition) is 2. The molecule has 20 heavy (non-hydrogen) atoms. The number of aliphatic hydroxyl groups is 1. The van der Waals surface area contributed by atoms with E-state index in [2.05, 4.69) is 12.2 Å². The van der Waals surface area contributed by atoms with Gasteiger partial charge < -0.3 is 15.2 Å². The Balaban J connectivity index is 1.85. The van der Waals surface area contributed by atoms with Gasteiger partial charge in [0.1, 0.15) is 11.8 Å². The average molecular weight is 274 g/mol. The van der Waals surface area contributed by atoms with E-state index in [1.54, 1.807) is 0 Å². The summed E-state index contributed by atoms with van der Waals surface area (Å²) in [5, 5.41) is 21.6. The van der Waals surface area contributed by atoms with Gasteiger partial charge in [0.25, 0.3) is 0 Å². The van der Waals surface area contributed by atoms with Crippen molar-refractivity contribution >= 4 is 0 Å². The van der Waals surface area contributed by atoms with Crippen LogP contribution < -0.4 is 10.1 Å². The summed E-state index contributed by atoms with van der Waals surface area (Å²) in [6.45, 7) is 2.23. The maximum absolute atomic E-state index is 9.51. The number of ether oxygens (including phenoxy) is 1. The quantitative estimate of drug-likeness (QED) is 0.866. The van der Waals surface area contributed by atoms with Gasteiger partial charge in [0.2, 0.25) is 0 Å². The second-order valence-corrected chi connectivity index (χ2v) is 5.41. The van der Waals surface area contributed by atoms with Gasteiger partial charge in [0.15, 0.2) is 6.61 Å². The second kappa shape index (κ2) is 7.28. The summed E-state index contributed by atoms with van der Waals surface area (Å²) >= 11 is 0. The van der Waals surface area contributed by atoms with Gasteiger partial charge in [-0.2, -0.15) is 5.26 Å². The molecule has 0 amide bonds. The van der Waals surface area contributed by atoms with Crippen molar-refractivity contribution < 1.29 is 9.84 Å². The molecular weight excluding hydrogens is 252 g/mol. The van der Waals surface area contributed by atoms with Crippen molar-refractivity contribution in [3.63, 3.8) is 0 Å². The Labute approximate surface area is 120 Å². The highest BCUT2D eigenvalue weighted by molar-refractivity contribution is 5.29. The molecule has 4 heteroatoms. The molecule has 1 atom stereocenters. The van der Waals surface area contributed by atoms with Crippen LogP contribution in [-0.2, 0) is 0 Å². The lowest BCUT2D eigenvalue weighted by Gasteiger charge is -2.29. The number of hydrogen-bond acceptors (Lipinski definition) is 4.